The van der Waals surface area contributed by atoms with Crippen molar-refractivity contribution in [2.75, 3.05) is 0 Å². The fourth-order valence-corrected chi connectivity index (χ4v) is 1.90. The number of rotatable bonds is 4. The van der Waals surface area contributed by atoms with E-state index in [1.807, 2.05) is 62.4 Å². The second-order valence-electron chi connectivity index (χ2n) is 4.66. The van der Waals surface area contributed by atoms with E-state index >= 15 is 0 Å². The van der Waals surface area contributed by atoms with Crippen molar-refractivity contribution in [3.8, 4) is 5.75 Å². The monoisotopic (exact) mass is 254 g/mol. The van der Waals surface area contributed by atoms with Crippen LogP contribution in [0.25, 0.3) is 0 Å². The summed E-state index contributed by atoms with van der Waals surface area (Å²) in [7, 11) is 0. The van der Waals surface area contributed by atoms with E-state index < -0.39 is 0 Å². The van der Waals surface area contributed by atoms with Crippen molar-refractivity contribution in [2.45, 2.75) is 26.7 Å². The quantitative estimate of drug-likeness (QED) is 0.612. The molecule has 2 rings (SSSR count). The fraction of sp³-hybridized carbons (Fsp3) is 0.235. The number of carbonyl (C=O) groups excluding carboxylic acids is 1. The van der Waals surface area contributed by atoms with Crippen LogP contribution in [0, 0.1) is 13.8 Å². The first-order valence-electron chi connectivity index (χ1n) is 6.47. The molecule has 0 fully saturated rings. The Balaban J connectivity index is 1.93. The molecule has 2 heteroatoms. The zero-order chi connectivity index (χ0) is 13.7. The average molecular weight is 254 g/mol. The highest BCUT2D eigenvalue weighted by atomic mass is 16.5. The van der Waals surface area contributed by atoms with Crippen LogP contribution in [-0.4, -0.2) is 5.97 Å². The predicted molar refractivity (Wildman–Crippen MR) is 76.3 cm³/mol. The number of aryl methyl sites for hydroxylation is 2. The van der Waals surface area contributed by atoms with Crippen molar-refractivity contribution in [3.05, 3.63) is 65.2 Å². The van der Waals surface area contributed by atoms with Crippen molar-refractivity contribution in [1.29, 1.82) is 0 Å². The van der Waals surface area contributed by atoms with Crippen molar-refractivity contribution in [3.63, 3.8) is 0 Å². The lowest BCUT2D eigenvalue weighted by Gasteiger charge is -2.09. The van der Waals surface area contributed by atoms with Crippen molar-refractivity contribution in [2.24, 2.45) is 0 Å². The van der Waals surface area contributed by atoms with Gasteiger partial charge < -0.3 is 4.74 Å². The molecule has 0 unspecified atom stereocenters. The standard InChI is InChI=1S/C17H18O2/c1-13-7-6-10-16(14(13)2)19-17(18)12-11-15-8-4-3-5-9-15/h3-10H,11-12H2,1-2H3. The first kappa shape index (κ1) is 13.3. The number of carbonyl (C=O) groups is 1. The fourth-order valence-electron chi connectivity index (χ4n) is 1.90. The highest BCUT2D eigenvalue weighted by molar-refractivity contribution is 5.73. The van der Waals surface area contributed by atoms with Gasteiger partial charge in [-0.25, -0.2) is 0 Å². The Kier molecular flexibility index (Phi) is 4.35. The Bertz CT molecular complexity index is 559. The summed E-state index contributed by atoms with van der Waals surface area (Å²) in [4.78, 5) is 11.8. The van der Waals surface area contributed by atoms with Gasteiger partial charge >= 0.3 is 5.97 Å². The SMILES string of the molecule is Cc1cccc(OC(=O)CCc2ccccc2)c1C. The highest BCUT2D eigenvalue weighted by Gasteiger charge is 2.08. The van der Waals surface area contributed by atoms with Crippen molar-refractivity contribution < 1.29 is 9.53 Å². The molecule has 0 aliphatic rings. The molecule has 2 aromatic rings. The van der Waals surface area contributed by atoms with Crippen LogP contribution in [0.1, 0.15) is 23.1 Å². The molecule has 0 saturated carbocycles. The van der Waals surface area contributed by atoms with Gasteiger partial charge in [-0.05, 0) is 43.0 Å². The molecule has 0 saturated heterocycles. The largest absolute Gasteiger partial charge is 0.426 e. The minimum absolute atomic E-state index is 0.183. The van der Waals surface area contributed by atoms with Crippen LogP contribution in [-0.2, 0) is 11.2 Å². The third kappa shape index (κ3) is 3.68. The number of benzene rings is 2. The second kappa shape index (κ2) is 6.19. The molecule has 19 heavy (non-hydrogen) atoms. The Morgan fingerprint density at radius 2 is 1.74 bits per heavy atom. The summed E-state index contributed by atoms with van der Waals surface area (Å²) in [5.74, 6) is 0.482. The zero-order valence-corrected chi connectivity index (χ0v) is 11.3. The zero-order valence-electron chi connectivity index (χ0n) is 11.3. The Labute approximate surface area is 114 Å². The smallest absolute Gasteiger partial charge is 0.311 e. The molecule has 2 aromatic carbocycles. The maximum absolute atomic E-state index is 11.8. The number of hydrogen-bond acceptors (Lipinski definition) is 2. The van der Waals surface area contributed by atoms with Gasteiger partial charge in [0.2, 0.25) is 0 Å². The highest BCUT2D eigenvalue weighted by Crippen LogP contribution is 2.21. The van der Waals surface area contributed by atoms with Crippen molar-refractivity contribution >= 4 is 5.97 Å². The van der Waals surface area contributed by atoms with E-state index in [-0.39, 0.29) is 5.97 Å². The van der Waals surface area contributed by atoms with Gasteiger partial charge in [0.15, 0.2) is 0 Å². The van der Waals surface area contributed by atoms with Gasteiger partial charge in [-0.3, -0.25) is 4.79 Å². The molecule has 0 aromatic heterocycles. The van der Waals surface area contributed by atoms with E-state index in [1.165, 1.54) is 0 Å². The molecular formula is C17H18O2. The summed E-state index contributed by atoms with van der Waals surface area (Å²) in [6.45, 7) is 3.98. The summed E-state index contributed by atoms with van der Waals surface area (Å²) in [6, 6.07) is 15.7. The van der Waals surface area contributed by atoms with Crippen LogP contribution in [0.5, 0.6) is 5.75 Å². The van der Waals surface area contributed by atoms with Gasteiger partial charge in [-0.2, -0.15) is 0 Å². The van der Waals surface area contributed by atoms with E-state index in [0.717, 1.165) is 16.7 Å². The van der Waals surface area contributed by atoms with Gasteiger partial charge in [0, 0.05) is 6.42 Å². The second-order valence-corrected chi connectivity index (χ2v) is 4.66. The molecule has 0 bridgehead atoms. The van der Waals surface area contributed by atoms with Crippen LogP contribution in [0.2, 0.25) is 0 Å². The van der Waals surface area contributed by atoms with Gasteiger partial charge in [0.25, 0.3) is 0 Å². The van der Waals surface area contributed by atoms with E-state index in [4.69, 9.17) is 4.74 Å². The third-order valence-electron chi connectivity index (χ3n) is 3.24. The minimum atomic E-state index is -0.183. The molecule has 0 aliphatic carbocycles. The molecule has 0 amide bonds. The lowest BCUT2D eigenvalue weighted by atomic mass is 10.1. The van der Waals surface area contributed by atoms with E-state index in [9.17, 15) is 4.79 Å². The molecule has 2 nitrogen and oxygen atoms in total. The number of esters is 1. The van der Waals surface area contributed by atoms with Gasteiger partial charge in [0.05, 0.1) is 0 Å². The molecule has 0 aliphatic heterocycles. The van der Waals surface area contributed by atoms with Crippen LogP contribution >= 0.6 is 0 Å². The number of hydrogen-bond donors (Lipinski definition) is 0. The topological polar surface area (TPSA) is 26.3 Å². The molecule has 0 heterocycles. The van der Waals surface area contributed by atoms with E-state index in [2.05, 4.69) is 0 Å². The maximum atomic E-state index is 11.8. The van der Waals surface area contributed by atoms with Crippen LogP contribution < -0.4 is 4.74 Å². The van der Waals surface area contributed by atoms with Crippen LogP contribution in [0.15, 0.2) is 48.5 Å². The van der Waals surface area contributed by atoms with Gasteiger partial charge in [0.1, 0.15) is 5.75 Å². The van der Waals surface area contributed by atoms with Gasteiger partial charge in [-0.15, -0.1) is 0 Å². The van der Waals surface area contributed by atoms with Gasteiger partial charge in [-0.1, -0.05) is 42.5 Å². The molecule has 0 spiro atoms. The van der Waals surface area contributed by atoms with Crippen LogP contribution in [0.3, 0.4) is 0 Å². The molecule has 0 atom stereocenters. The average Bonchev–Trinajstić information content (AvgIpc) is 2.43. The summed E-state index contributed by atoms with van der Waals surface area (Å²) in [6.07, 6.45) is 1.11. The summed E-state index contributed by atoms with van der Waals surface area (Å²) in [5.41, 5.74) is 3.31. The predicted octanol–water partition coefficient (Wildman–Crippen LogP) is 3.84. The summed E-state index contributed by atoms with van der Waals surface area (Å²) in [5, 5.41) is 0. The first-order valence-corrected chi connectivity index (χ1v) is 6.47. The molecule has 98 valence electrons. The van der Waals surface area contributed by atoms with Crippen molar-refractivity contribution in [1.82, 2.24) is 0 Å². The molecule has 0 N–H and O–H groups in total. The molecule has 0 radical (unpaired) electrons. The molecular weight excluding hydrogens is 236 g/mol. The lowest BCUT2D eigenvalue weighted by molar-refractivity contribution is -0.134. The first-order chi connectivity index (χ1) is 9.16. The Morgan fingerprint density at radius 3 is 2.47 bits per heavy atom. The van der Waals surface area contributed by atoms with Crippen LogP contribution in [0.4, 0.5) is 0 Å². The Morgan fingerprint density at radius 1 is 1.00 bits per heavy atom. The summed E-state index contributed by atoms with van der Waals surface area (Å²) >= 11 is 0. The summed E-state index contributed by atoms with van der Waals surface area (Å²) < 4.78 is 5.41. The minimum Gasteiger partial charge on any atom is -0.426 e. The lowest BCUT2D eigenvalue weighted by Crippen LogP contribution is -2.10. The van der Waals surface area contributed by atoms with E-state index in [1.54, 1.807) is 0 Å². The maximum Gasteiger partial charge on any atom is 0.311 e. The number of ether oxygens (including phenoxy) is 1. The van der Waals surface area contributed by atoms with E-state index in [0.29, 0.717) is 18.6 Å². The third-order valence-corrected chi connectivity index (χ3v) is 3.24. The normalized spacial score (nSPS) is 10.2. The Hall–Kier alpha value is -2.09.